The summed E-state index contributed by atoms with van der Waals surface area (Å²) in [7, 11) is 0. The van der Waals surface area contributed by atoms with E-state index in [-0.39, 0.29) is 17.6 Å². The van der Waals surface area contributed by atoms with E-state index in [1.165, 1.54) is 29.3 Å². The molecule has 0 bridgehead atoms. The summed E-state index contributed by atoms with van der Waals surface area (Å²) in [6, 6.07) is 13.1. The summed E-state index contributed by atoms with van der Waals surface area (Å²) in [5.74, 6) is -0.701. The molecule has 3 rings (SSSR count). The van der Waals surface area contributed by atoms with Gasteiger partial charge in [0.15, 0.2) is 0 Å². The summed E-state index contributed by atoms with van der Waals surface area (Å²) in [6.45, 7) is 5.87. The molecule has 0 saturated carbocycles. The average Bonchev–Trinajstić information content (AvgIpc) is 2.65. The smallest absolute Gasteiger partial charge is 0.350 e. The molecule has 1 aliphatic heterocycles. The minimum Gasteiger partial charge on any atom is -0.350 e. The third-order valence-electron chi connectivity index (χ3n) is 5.15. The van der Waals surface area contributed by atoms with Crippen molar-refractivity contribution in [3.05, 3.63) is 70.8 Å². The van der Waals surface area contributed by atoms with E-state index in [2.05, 4.69) is 22.3 Å². The van der Waals surface area contributed by atoms with Gasteiger partial charge >= 0.3 is 6.18 Å². The minimum atomic E-state index is -4.56. The summed E-state index contributed by atoms with van der Waals surface area (Å²) >= 11 is 0. The van der Waals surface area contributed by atoms with Crippen LogP contribution < -0.4 is 5.32 Å². The summed E-state index contributed by atoms with van der Waals surface area (Å²) in [4.78, 5) is 14.7. The molecule has 1 aliphatic rings. The van der Waals surface area contributed by atoms with E-state index in [1.54, 1.807) is 0 Å². The number of halogens is 3. The monoisotopic (exact) mass is 376 g/mol. The number of carbonyl (C=O) groups excluding carboxylic acids is 1. The summed E-state index contributed by atoms with van der Waals surface area (Å²) in [5.41, 5.74) is 0.950. The van der Waals surface area contributed by atoms with Crippen LogP contribution in [0.5, 0.6) is 0 Å². The molecule has 3 nitrogen and oxygen atoms in total. The Bertz CT molecular complexity index is 830. The molecule has 0 saturated heterocycles. The van der Waals surface area contributed by atoms with Crippen LogP contribution >= 0.6 is 0 Å². The Labute approximate surface area is 157 Å². The van der Waals surface area contributed by atoms with Gasteiger partial charge in [-0.1, -0.05) is 36.4 Å². The zero-order valence-corrected chi connectivity index (χ0v) is 15.4. The number of fused-ring (bicyclic) bond motifs is 1. The molecule has 6 heteroatoms. The first-order valence-electron chi connectivity index (χ1n) is 8.95. The molecule has 144 valence electrons. The van der Waals surface area contributed by atoms with E-state index in [1.807, 2.05) is 26.0 Å². The number of benzene rings is 2. The van der Waals surface area contributed by atoms with Crippen LogP contribution in [0.3, 0.4) is 0 Å². The van der Waals surface area contributed by atoms with Gasteiger partial charge in [-0.15, -0.1) is 0 Å². The average molecular weight is 376 g/mol. The van der Waals surface area contributed by atoms with E-state index in [4.69, 9.17) is 0 Å². The molecule has 0 unspecified atom stereocenters. The first-order valence-corrected chi connectivity index (χ1v) is 8.95. The number of alkyl halides is 3. The Morgan fingerprint density at radius 2 is 1.67 bits per heavy atom. The second-order valence-corrected chi connectivity index (χ2v) is 7.48. The van der Waals surface area contributed by atoms with Crippen molar-refractivity contribution in [2.24, 2.45) is 0 Å². The molecule has 27 heavy (non-hydrogen) atoms. The fourth-order valence-corrected chi connectivity index (χ4v) is 3.44. The second kappa shape index (κ2) is 7.35. The Kier molecular flexibility index (Phi) is 5.29. The van der Waals surface area contributed by atoms with Gasteiger partial charge in [-0.05, 0) is 43.5 Å². The van der Waals surface area contributed by atoms with Crippen LogP contribution in [0.25, 0.3) is 0 Å². The second-order valence-electron chi connectivity index (χ2n) is 7.48. The zero-order valence-electron chi connectivity index (χ0n) is 15.4. The largest absolute Gasteiger partial charge is 0.417 e. The van der Waals surface area contributed by atoms with E-state index in [0.29, 0.717) is 0 Å². The van der Waals surface area contributed by atoms with E-state index in [9.17, 15) is 18.0 Å². The molecule has 0 fully saturated rings. The summed E-state index contributed by atoms with van der Waals surface area (Å²) < 4.78 is 39.4. The minimum absolute atomic E-state index is 0.264. The molecule has 2 aromatic rings. The molecule has 0 radical (unpaired) electrons. The molecule has 0 aliphatic carbocycles. The van der Waals surface area contributed by atoms with Crippen LogP contribution in [0.2, 0.25) is 0 Å². The predicted molar refractivity (Wildman–Crippen MR) is 98.4 cm³/mol. The molecule has 2 aromatic carbocycles. The third-order valence-corrected chi connectivity index (χ3v) is 5.15. The lowest BCUT2D eigenvalue weighted by Crippen LogP contribution is -2.53. The van der Waals surface area contributed by atoms with Crippen molar-refractivity contribution in [3.8, 4) is 0 Å². The van der Waals surface area contributed by atoms with Crippen molar-refractivity contribution >= 4 is 5.91 Å². The first kappa shape index (κ1) is 19.4. The zero-order chi connectivity index (χ0) is 19.7. The Morgan fingerprint density at radius 3 is 2.37 bits per heavy atom. The van der Waals surface area contributed by atoms with Gasteiger partial charge in [-0.2, -0.15) is 13.2 Å². The first-order chi connectivity index (χ1) is 12.7. The van der Waals surface area contributed by atoms with Crippen LogP contribution in [-0.4, -0.2) is 29.4 Å². The van der Waals surface area contributed by atoms with Crippen molar-refractivity contribution in [2.45, 2.75) is 38.5 Å². The van der Waals surface area contributed by atoms with Crippen LogP contribution in [-0.2, 0) is 19.1 Å². The lowest BCUT2D eigenvalue weighted by Gasteiger charge is -2.41. The van der Waals surface area contributed by atoms with Crippen LogP contribution in [0.1, 0.15) is 40.9 Å². The SMILES string of the molecule is CC(C)(CNC(=O)c1ccccc1C(F)(F)F)N1CCc2ccccc2C1. The van der Waals surface area contributed by atoms with Crippen LogP contribution in [0.15, 0.2) is 48.5 Å². The normalized spacial score (nSPS) is 15.3. The van der Waals surface area contributed by atoms with Crippen molar-refractivity contribution in [3.63, 3.8) is 0 Å². The van der Waals surface area contributed by atoms with Crippen molar-refractivity contribution in [1.29, 1.82) is 0 Å². The highest BCUT2D eigenvalue weighted by molar-refractivity contribution is 5.95. The molecule has 0 atom stereocenters. The molecular formula is C21H23F3N2O. The lowest BCUT2D eigenvalue weighted by molar-refractivity contribution is -0.137. The van der Waals surface area contributed by atoms with Gasteiger partial charge in [-0.25, -0.2) is 0 Å². The van der Waals surface area contributed by atoms with E-state index in [0.717, 1.165) is 25.6 Å². The molecule has 1 heterocycles. The maximum atomic E-state index is 13.1. The highest BCUT2D eigenvalue weighted by Crippen LogP contribution is 2.32. The van der Waals surface area contributed by atoms with Crippen molar-refractivity contribution in [2.75, 3.05) is 13.1 Å². The number of amides is 1. The Hall–Kier alpha value is -2.34. The molecular weight excluding hydrogens is 353 g/mol. The van der Waals surface area contributed by atoms with Crippen LogP contribution in [0.4, 0.5) is 13.2 Å². The highest BCUT2D eigenvalue weighted by atomic mass is 19.4. The molecule has 1 N–H and O–H groups in total. The summed E-state index contributed by atoms with van der Waals surface area (Å²) in [5, 5.41) is 2.69. The van der Waals surface area contributed by atoms with Gasteiger partial charge in [0.2, 0.25) is 0 Å². The Balaban J connectivity index is 1.69. The number of hydrogen-bond donors (Lipinski definition) is 1. The van der Waals surface area contributed by atoms with Gasteiger partial charge in [-0.3, -0.25) is 9.69 Å². The number of carbonyl (C=O) groups is 1. The number of rotatable bonds is 4. The Morgan fingerprint density at radius 1 is 1.04 bits per heavy atom. The standard InChI is InChI=1S/C21H23F3N2O/c1-20(2,26-12-11-15-7-3-4-8-16(15)13-26)14-25-19(27)17-9-5-6-10-18(17)21(22,23)24/h3-10H,11-14H2,1-2H3,(H,25,27). The van der Waals surface area contributed by atoms with Gasteiger partial charge in [0.25, 0.3) is 5.91 Å². The summed E-state index contributed by atoms with van der Waals surface area (Å²) in [6.07, 6.45) is -3.63. The topological polar surface area (TPSA) is 32.3 Å². The third kappa shape index (κ3) is 4.33. The van der Waals surface area contributed by atoms with Gasteiger partial charge < -0.3 is 5.32 Å². The highest BCUT2D eigenvalue weighted by Gasteiger charge is 2.35. The molecule has 0 spiro atoms. The van der Waals surface area contributed by atoms with Crippen molar-refractivity contribution in [1.82, 2.24) is 10.2 Å². The molecule has 1 amide bonds. The predicted octanol–water partition coefficient (Wildman–Crippen LogP) is 4.27. The van der Waals surface area contributed by atoms with Crippen molar-refractivity contribution < 1.29 is 18.0 Å². The maximum absolute atomic E-state index is 13.1. The number of hydrogen-bond acceptors (Lipinski definition) is 2. The van der Waals surface area contributed by atoms with Gasteiger partial charge in [0.1, 0.15) is 0 Å². The van der Waals surface area contributed by atoms with Crippen LogP contribution in [0, 0.1) is 0 Å². The quantitative estimate of drug-likeness (QED) is 0.864. The lowest BCUT2D eigenvalue weighted by atomic mass is 9.94. The van der Waals surface area contributed by atoms with E-state index >= 15 is 0 Å². The molecule has 0 aromatic heterocycles. The van der Waals surface area contributed by atoms with Gasteiger partial charge in [0, 0.05) is 25.2 Å². The fraction of sp³-hybridized carbons (Fsp3) is 0.381. The number of nitrogens with one attached hydrogen (secondary N) is 1. The maximum Gasteiger partial charge on any atom is 0.417 e. The van der Waals surface area contributed by atoms with Gasteiger partial charge in [0.05, 0.1) is 11.1 Å². The fourth-order valence-electron chi connectivity index (χ4n) is 3.44. The van der Waals surface area contributed by atoms with E-state index < -0.39 is 17.6 Å². The number of nitrogens with zero attached hydrogens (tertiary/aromatic N) is 1.